The second-order valence-electron chi connectivity index (χ2n) is 18.2. The minimum Gasteiger partial charge on any atom is -0.459 e. The van der Waals surface area contributed by atoms with Gasteiger partial charge in [-0.3, -0.25) is 9.59 Å². The van der Waals surface area contributed by atoms with E-state index in [1.54, 1.807) is 71.9 Å². The minimum absolute atomic E-state index is 0.0646. The Labute approximate surface area is 349 Å². The molecule has 0 aliphatic carbocycles. The van der Waals surface area contributed by atoms with E-state index in [0.29, 0.717) is 12.0 Å². The molecule has 0 aromatic heterocycles. The molecule has 3 aliphatic heterocycles. The third kappa shape index (κ3) is 10.9. The lowest BCUT2D eigenvalue weighted by Gasteiger charge is -2.49. The van der Waals surface area contributed by atoms with Gasteiger partial charge >= 0.3 is 11.9 Å². The number of likely N-dealkylation sites (N-methyl/N-ethyl adjacent to an activating group) is 1. The van der Waals surface area contributed by atoms with Crippen LogP contribution in [0.5, 0.6) is 0 Å². The molecule has 15 heteroatoms. The van der Waals surface area contributed by atoms with Gasteiger partial charge in [-0.2, -0.15) is 0 Å². The number of Topliss-reactive ketones (excluding diaryl/α,β-unsaturated/α-hetero) is 1. The van der Waals surface area contributed by atoms with Crippen molar-refractivity contribution < 1.29 is 68.0 Å². The molecule has 1 aromatic rings. The topological polar surface area (TPSA) is 200 Å². The molecule has 59 heavy (non-hydrogen) atoms. The van der Waals surface area contributed by atoms with E-state index >= 15 is 0 Å². The van der Waals surface area contributed by atoms with Crippen LogP contribution < -0.4 is 0 Å². The normalized spacial score (nSPS) is 44.4. The highest BCUT2D eigenvalue weighted by Gasteiger charge is 2.54. The molecular formula is C44H71NO14. The summed E-state index contributed by atoms with van der Waals surface area (Å²) in [5.41, 5.74) is -4.66. The summed E-state index contributed by atoms with van der Waals surface area (Å²) in [5, 5.41) is 46.9. The van der Waals surface area contributed by atoms with E-state index in [-0.39, 0.29) is 31.4 Å². The van der Waals surface area contributed by atoms with E-state index < -0.39 is 114 Å². The van der Waals surface area contributed by atoms with Gasteiger partial charge in [-0.15, -0.1) is 0 Å². The van der Waals surface area contributed by atoms with Crippen molar-refractivity contribution in [3.05, 3.63) is 35.9 Å². The molecule has 3 fully saturated rings. The SMILES string of the molecule is CC[C@H]1OC(=O)[C@H](C)[C@@H](O[C@@H]2C[C@@](C)(OC)[C@@H](O)[C@H](C)O2)[C@H](C)[C@@H](O[C@@H]2O[C@H](C)C[C@H](N(C)C)[C@H]2OC(=O)c2ccccc2)[C@](C)(O)C[C@@H](C)C(=O)[C@H](C)[C@@H](O)[C@]1(C)O. The molecule has 0 spiro atoms. The van der Waals surface area contributed by atoms with Crippen molar-refractivity contribution in [2.45, 2.75) is 179 Å². The van der Waals surface area contributed by atoms with Gasteiger partial charge in [0.05, 0.1) is 59.2 Å². The highest BCUT2D eigenvalue weighted by molar-refractivity contribution is 5.89. The number of nitrogens with zero attached hydrogens (tertiary/aromatic N) is 1. The maximum Gasteiger partial charge on any atom is 0.338 e. The zero-order valence-corrected chi connectivity index (χ0v) is 37.2. The Kier molecular flexibility index (Phi) is 16.3. The first-order chi connectivity index (χ1) is 27.4. The Hall–Kier alpha value is -2.57. The number of aliphatic hydroxyl groups excluding tert-OH is 2. The smallest absolute Gasteiger partial charge is 0.338 e. The fraction of sp³-hybridized carbons (Fsp3) is 0.795. The van der Waals surface area contributed by atoms with Crippen LogP contribution in [0.3, 0.4) is 0 Å². The second kappa shape index (κ2) is 19.6. The summed E-state index contributed by atoms with van der Waals surface area (Å²) in [6, 6.07) is 8.15. The Morgan fingerprint density at radius 2 is 1.51 bits per heavy atom. The Morgan fingerprint density at radius 3 is 2.08 bits per heavy atom. The van der Waals surface area contributed by atoms with Crippen LogP contribution in [0.4, 0.5) is 0 Å². The Morgan fingerprint density at radius 1 is 0.881 bits per heavy atom. The molecular weight excluding hydrogens is 766 g/mol. The highest BCUT2D eigenvalue weighted by atomic mass is 16.7. The first kappa shape index (κ1) is 49.1. The summed E-state index contributed by atoms with van der Waals surface area (Å²) >= 11 is 0. The molecule has 4 N–H and O–H groups in total. The predicted octanol–water partition coefficient (Wildman–Crippen LogP) is 3.65. The monoisotopic (exact) mass is 837 g/mol. The number of carbonyl (C=O) groups is 3. The summed E-state index contributed by atoms with van der Waals surface area (Å²) in [4.78, 5) is 43.9. The van der Waals surface area contributed by atoms with E-state index in [2.05, 4.69) is 0 Å². The van der Waals surface area contributed by atoms with Crippen molar-refractivity contribution in [2.24, 2.45) is 23.7 Å². The highest BCUT2D eigenvalue weighted by Crippen LogP contribution is 2.41. The zero-order valence-electron chi connectivity index (χ0n) is 37.2. The number of benzene rings is 1. The van der Waals surface area contributed by atoms with Crippen LogP contribution >= 0.6 is 0 Å². The quantitative estimate of drug-likeness (QED) is 0.263. The van der Waals surface area contributed by atoms with Gasteiger partial charge in [0.25, 0.3) is 0 Å². The number of hydrogen-bond donors (Lipinski definition) is 4. The van der Waals surface area contributed by atoms with Crippen molar-refractivity contribution >= 4 is 17.7 Å². The van der Waals surface area contributed by atoms with Crippen LogP contribution in [0.25, 0.3) is 0 Å². The van der Waals surface area contributed by atoms with Crippen LogP contribution in [-0.2, 0) is 42.7 Å². The molecule has 336 valence electrons. The number of carbonyl (C=O) groups excluding carboxylic acids is 3. The number of esters is 2. The van der Waals surface area contributed by atoms with Gasteiger partial charge in [-0.1, -0.05) is 45.9 Å². The molecule has 0 saturated carbocycles. The van der Waals surface area contributed by atoms with Gasteiger partial charge in [-0.05, 0) is 87.0 Å². The summed E-state index contributed by atoms with van der Waals surface area (Å²) < 4.78 is 44.2. The molecule has 0 amide bonds. The van der Waals surface area contributed by atoms with Crippen molar-refractivity contribution in [3.8, 4) is 0 Å². The van der Waals surface area contributed by atoms with E-state index in [9.17, 15) is 34.8 Å². The van der Waals surface area contributed by atoms with E-state index in [4.69, 9.17) is 33.2 Å². The second-order valence-corrected chi connectivity index (χ2v) is 18.2. The summed E-state index contributed by atoms with van der Waals surface area (Å²) in [5.74, 6) is -5.83. The average Bonchev–Trinajstić information content (AvgIpc) is 3.18. The van der Waals surface area contributed by atoms with Crippen LogP contribution in [-0.4, -0.2) is 149 Å². The maximum atomic E-state index is 14.3. The molecule has 4 rings (SSSR count). The van der Waals surface area contributed by atoms with Crippen molar-refractivity contribution in [2.75, 3.05) is 21.2 Å². The maximum absolute atomic E-state index is 14.3. The van der Waals surface area contributed by atoms with E-state index in [0.717, 1.165) is 0 Å². The molecule has 3 aliphatic rings. The lowest BCUT2D eigenvalue weighted by molar-refractivity contribution is -0.317. The van der Waals surface area contributed by atoms with Crippen LogP contribution in [0.2, 0.25) is 0 Å². The standard InChI is InChI=1S/C44H71NO14/c1-14-31-44(10,52)36(47)25(4)33(46)23(2)21-42(8,51)38(26(5)34(27(6)39(49)56-31)57-32-22-43(9,53-13)37(48)28(7)55-32)59-41-35(30(45(11)12)20-24(3)54-41)58-40(50)29-18-16-15-17-19-29/h15-19,23-28,30-32,34-38,41,47-48,51-52H,14,20-22H2,1-13H3/t23-,24-,25+,26+,27-,28+,30+,31-,32-,34+,35-,36-,37+,38-,41+,42-,43-,44-/m1/s1. The van der Waals surface area contributed by atoms with Crippen LogP contribution in [0.15, 0.2) is 30.3 Å². The number of rotatable bonds is 9. The third-order valence-electron chi connectivity index (χ3n) is 13.0. The first-order valence-electron chi connectivity index (χ1n) is 21.0. The number of hydrogen-bond acceptors (Lipinski definition) is 15. The predicted molar refractivity (Wildman–Crippen MR) is 216 cm³/mol. The fourth-order valence-electron chi connectivity index (χ4n) is 9.29. The fourth-order valence-corrected chi connectivity index (χ4v) is 9.29. The van der Waals surface area contributed by atoms with Gasteiger partial charge in [0, 0.05) is 31.3 Å². The summed E-state index contributed by atoms with van der Waals surface area (Å²) in [6.45, 7) is 16.3. The van der Waals surface area contributed by atoms with Gasteiger partial charge in [0.15, 0.2) is 18.7 Å². The van der Waals surface area contributed by atoms with Crippen LogP contribution in [0.1, 0.15) is 105 Å². The van der Waals surface area contributed by atoms with Gasteiger partial charge in [0.1, 0.15) is 23.6 Å². The number of ketones is 1. The Bertz CT molecular complexity index is 1560. The van der Waals surface area contributed by atoms with E-state index in [1.807, 2.05) is 25.9 Å². The molecule has 18 atom stereocenters. The number of ether oxygens (including phenoxy) is 7. The molecule has 0 unspecified atom stereocenters. The summed E-state index contributed by atoms with van der Waals surface area (Å²) in [6.07, 6.45) is -10.2. The van der Waals surface area contributed by atoms with E-state index in [1.165, 1.54) is 27.9 Å². The lowest BCUT2D eigenvalue weighted by Crippen LogP contribution is -2.61. The molecule has 0 bridgehead atoms. The van der Waals surface area contributed by atoms with Gasteiger partial charge in [-0.25, -0.2) is 4.79 Å². The lowest BCUT2D eigenvalue weighted by atomic mass is 9.74. The third-order valence-corrected chi connectivity index (χ3v) is 13.0. The Balaban J connectivity index is 1.87. The molecule has 3 saturated heterocycles. The van der Waals surface area contributed by atoms with Gasteiger partial charge < -0.3 is 58.5 Å². The van der Waals surface area contributed by atoms with Gasteiger partial charge in [0.2, 0.25) is 0 Å². The molecule has 3 heterocycles. The molecule has 15 nitrogen and oxygen atoms in total. The average molecular weight is 838 g/mol. The van der Waals surface area contributed by atoms with Crippen molar-refractivity contribution in [1.29, 1.82) is 0 Å². The molecule has 1 aromatic carbocycles. The van der Waals surface area contributed by atoms with Crippen molar-refractivity contribution in [1.82, 2.24) is 4.90 Å². The minimum atomic E-state index is -2.03. The van der Waals surface area contributed by atoms with Crippen molar-refractivity contribution in [3.63, 3.8) is 0 Å². The summed E-state index contributed by atoms with van der Waals surface area (Å²) in [7, 11) is 5.20. The number of aliphatic hydroxyl groups is 4. The van der Waals surface area contributed by atoms with Crippen LogP contribution in [0, 0.1) is 23.7 Å². The molecule has 0 radical (unpaired) electrons. The first-order valence-corrected chi connectivity index (χ1v) is 21.0. The number of cyclic esters (lactones) is 1. The largest absolute Gasteiger partial charge is 0.459 e. The number of methoxy groups -OCH3 is 1. The zero-order chi connectivity index (χ0) is 44.4.